The molecular formula is C18H20F3NOS. The summed E-state index contributed by atoms with van der Waals surface area (Å²) in [5.74, 6) is 0.127. The summed E-state index contributed by atoms with van der Waals surface area (Å²) in [5, 5.41) is 0.268. The van der Waals surface area contributed by atoms with Gasteiger partial charge in [-0.3, -0.25) is 4.79 Å². The summed E-state index contributed by atoms with van der Waals surface area (Å²) in [4.78, 5) is 15.1. The molecule has 130 valence electrons. The summed E-state index contributed by atoms with van der Waals surface area (Å²) in [7, 11) is 0. The van der Waals surface area contributed by atoms with E-state index in [-0.39, 0.29) is 17.1 Å². The van der Waals surface area contributed by atoms with Crippen LogP contribution in [-0.2, 0) is 11.0 Å². The normalized spacial score (nSPS) is 23.9. The first-order valence-electron chi connectivity index (χ1n) is 8.19. The van der Waals surface area contributed by atoms with Crippen LogP contribution in [0.5, 0.6) is 0 Å². The van der Waals surface area contributed by atoms with Crippen molar-refractivity contribution in [3.63, 3.8) is 0 Å². The van der Waals surface area contributed by atoms with Gasteiger partial charge in [0.1, 0.15) is 0 Å². The predicted molar refractivity (Wildman–Crippen MR) is 90.2 cm³/mol. The SMILES string of the molecule is C[C@@H]1CCN(C(=O)C[C@H]2C=CCC2)c2cc(C(F)(F)F)ccc2S1. The smallest absolute Gasteiger partial charge is 0.311 e. The van der Waals surface area contributed by atoms with E-state index >= 15 is 0 Å². The van der Waals surface area contributed by atoms with Crippen molar-refractivity contribution in [2.45, 2.75) is 48.9 Å². The summed E-state index contributed by atoms with van der Waals surface area (Å²) >= 11 is 1.54. The van der Waals surface area contributed by atoms with Gasteiger partial charge >= 0.3 is 6.18 Å². The van der Waals surface area contributed by atoms with Crippen molar-refractivity contribution in [1.29, 1.82) is 0 Å². The number of rotatable bonds is 2. The quantitative estimate of drug-likeness (QED) is 0.673. The molecule has 1 aromatic rings. The Balaban J connectivity index is 1.92. The molecule has 1 aliphatic carbocycles. The van der Waals surface area contributed by atoms with Crippen LogP contribution in [0.25, 0.3) is 0 Å². The van der Waals surface area contributed by atoms with Crippen molar-refractivity contribution in [1.82, 2.24) is 0 Å². The van der Waals surface area contributed by atoms with Crippen molar-refractivity contribution < 1.29 is 18.0 Å². The van der Waals surface area contributed by atoms with Gasteiger partial charge in [0, 0.05) is 23.1 Å². The Hall–Kier alpha value is -1.43. The molecule has 0 radical (unpaired) electrons. The Labute approximate surface area is 144 Å². The van der Waals surface area contributed by atoms with Crippen molar-refractivity contribution in [3.8, 4) is 0 Å². The number of benzene rings is 1. The number of thioether (sulfide) groups is 1. The fourth-order valence-electron chi connectivity index (χ4n) is 3.17. The molecule has 1 heterocycles. The molecule has 0 bridgehead atoms. The average molecular weight is 355 g/mol. The maximum Gasteiger partial charge on any atom is 0.416 e. The standard InChI is InChI=1S/C18H20F3NOS/c1-12-8-9-22(17(23)10-13-4-2-3-5-13)15-11-14(18(19,20)21)6-7-16(15)24-12/h2,4,6-7,11-13H,3,5,8-10H2,1H3/t12-,13+/m1/s1. The molecule has 0 spiro atoms. The monoisotopic (exact) mass is 355 g/mol. The Kier molecular flexibility index (Phi) is 4.95. The highest BCUT2D eigenvalue weighted by molar-refractivity contribution is 8.00. The zero-order valence-electron chi connectivity index (χ0n) is 13.5. The van der Waals surface area contributed by atoms with Crippen molar-refractivity contribution >= 4 is 23.4 Å². The molecule has 6 heteroatoms. The van der Waals surface area contributed by atoms with Crippen LogP contribution in [0.3, 0.4) is 0 Å². The number of carbonyl (C=O) groups is 1. The molecule has 0 unspecified atom stereocenters. The van der Waals surface area contributed by atoms with Gasteiger partial charge in [-0.05, 0) is 43.4 Å². The predicted octanol–water partition coefficient (Wildman–Crippen LogP) is 5.28. The Morgan fingerprint density at radius 3 is 2.79 bits per heavy atom. The molecule has 2 aliphatic rings. The second-order valence-corrected chi connectivity index (χ2v) is 7.89. The molecule has 2 atom stereocenters. The molecule has 3 rings (SSSR count). The Bertz CT molecular complexity index is 656. The van der Waals surface area contributed by atoms with Gasteiger partial charge in [0.15, 0.2) is 0 Å². The zero-order chi connectivity index (χ0) is 17.3. The van der Waals surface area contributed by atoms with E-state index in [9.17, 15) is 18.0 Å². The topological polar surface area (TPSA) is 20.3 Å². The van der Waals surface area contributed by atoms with Gasteiger partial charge in [0.05, 0.1) is 11.3 Å². The van der Waals surface area contributed by atoms with Gasteiger partial charge in [0.25, 0.3) is 0 Å². The molecule has 0 aromatic heterocycles. The van der Waals surface area contributed by atoms with E-state index in [0.717, 1.165) is 36.3 Å². The first-order valence-corrected chi connectivity index (χ1v) is 9.07. The highest BCUT2D eigenvalue weighted by Crippen LogP contribution is 2.41. The summed E-state index contributed by atoms with van der Waals surface area (Å²) in [5.41, 5.74) is -0.291. The average Bonchev–Trinajstić information content (AvgIpc) is 2.94. The summed E-state index contributed by atoms with van der Waals surface area (Å²) in [6.07, 6.45) is 2.76. The largest absolute Gasteiger partial charge is 0.416 e. The lowest BCUT2D eigenvalue weighted by Gasteiger charge is -2.24. The summed E-state index contributed by atoms with van der Waals surface area (Å²) < 4.78 is 39.2. The second-order valence-electron chi connectivity index (χ2n) is 6.41. The third kappa shape index (κ3) is 3.79. The molecule has 2 nitrogen and oxygen atoms in total. The zero-order valence-corrected chi connectivity index (χ0v) is 14.3. The molecule has 24 heavy (non-hydrogen) atoms. The molecule has 1 amide bonds. The minimum Gasteiger partial charge on any atom is -0.311 e. The van der Waals surface area contributed by atoms with Gasteiger partial charge in [-0.15, -0.1) is 11.8 Å². The number of hydrogen-bond acceptors (Lipinski definition) is 2. The number of carbonyl (C=O) groups excluding carboxylic acids is 1. The molecule has 1 aromatic carbocycles. The van der Waals surface area contributed by atoms with E-state index in [4.69, 9.17) is 0 Å². The highest BCUT2D eigenvalue weighted by atomic mass is 32.2. The van der Waals surface area contributed by atoms with E-state index in [2.05, 4.69) is 6.08 Å². The third-order valence-corrected chi connectivity index (χ3v) is 5.75. The lowest BCUT2D eigenvalue weighted by molar-refractivity contribution is -0.137. The molecule has 0 fully saturated rings. The number of anilines is 1. The maximum absolute atomic E-state index is 13.1. The molecule has 1 aliphatic heterocycles. The molecular weight excluding hydrogens is 335 g/mol. The Morgan fingerprint density at radius 1 is 1.33 bits per heavy atom. The maximum atomic E-state index is 13.1. The molecule has 0 saturated heterocycles. The Morgan fingerprint density at radius 2 is 2.12 bits per heavy atom. The van der Waals surface area contributed by atoms with Crippen LogP contribution >= 0.6 is 11.8 Å². The summed E-state index contributed by atoms with van der Waals surface area (Å²) in [6, 6.07) is 3.73. The van der Waals surface area contributed by atoms with Crippen molar-refractivity contribution in [2.75, 3.05) is 11.4 Å². The van der Waals surface area contributed by atoms with Crippen molar-refractivity contribution in [3.05, 3.63) is 35.9 Å². The first-order chi connectivity index (χ1) is 11.3. The van der Waals surface area contributed by atoms with Crippen LogP contribution in [0.2, 0.25) is 0 Å². The van der Waals surface area contributed by atoms with Crippen LogP contribution in [0, 0.1) is 5.92 Å². The van der Waals surface area contributed by atoms with E-state index in [0.29, 0.717) is 18.7 Å². The lowest BCUT2D eigenvalue weighted by atomic mass is 10.0. The van der Waals surface area contributed by atoms with Gasteiger partial charge in [-0.1, -0.05) is 19.1 Å². The number of amides is 1. The van der Waals surface area contributed by atoms with Gasteiger partial charge in [-0.2, -0.15) is 13.2 Å². The van der Waals surface area contributed by atoms with Crippen LogP contribution in [-0.4, -0.2) is 17.7 Å². The fraction of sp³-hybridized carbons (Fsp3) is 0.500. The van der Waals surface area contributed by atoms with E-state index in [1.807, 2.05) is 13.0 Å². The first kappa shape index (κ1) is 17.4. The number of nitrogens with zero attached hydrogens (tertiary/aromatic N) is 1. The lowest BCUT2D eigenvalue weighted by Crippen LogP contribution is -2.33. The molecule has 0 N–H and O–H groups in total. The van der Waals surface area contributed by atoms with Crippen LogP contribution in [0.4, 0.5) is 18.9 Å². The van der Waals surface area contributed by atoms with Gasteiger partial charge in [0.2, 0.25) is 5.91 Å². The second kappa shape index (κ2) is 6.82. The highest BCUT2D eigenvalue weighted by Gasteiger charge is 2.33. The molecule has 0 saturated carbocycles. The number of alkyl halides is 3. The van der Waals surface area contributed by atoms with E-state index in [1.54, 1.807) is 16.7 Å². The van der Waals surface area contributed by atoms with Gasteiger partial charge in [-0.25, -0.2) is 0 Å². The van der Waals surface area contributed by atoms with E-state index < -0.39 is 11.7 Å². The van der Waals surface area contributed by atoms with E-state index in [1.165, 1.54) is 6.07 Å². The van der Waals surface area contributed by atoms with Gasteiger partial charge < -0.3 is 4.90 Å². The number of hydrogen-bond donors (Lipinski definition) is 0. The summed E-state index contributed by atoms with van der Waals surface area (Å²) in [6.45, 7) is 2.51. The number of halogens is 3. The fourth-order valence-corrected chi connectivity index (χ4v) is 4.26. The third-order valence-electron chi connectivity index (χ3n) is 4.51. The number of fused-ring (bicyclic) bond motifs is 1. The minimum absolute atomic E-state index is 0.0816. The van der Waals surface area contributed by atoms with Crippen LogP contribution < -0.4 is 4.90 Å². The van der Waals surface area contributed by atoms with Crippen molar-refractivity contribution in [2.24, 2.45) is 5.92 Å². The minimum atomic E-state index is -4.40. The van der Waals surface area contributed by atoms with Crippen LogP contribution in [0.15, 0.2) is 35.2 Å². The van der Waals surface area contributed by atoms with Crippen LogP contribution in [0.1, 0.15) is 38.2 Å². The number of allylic oxidation sites excluding steroid dienone is 2.